The third-order valence-electron chi connectivity index (χ3n) is 2.68. The Balaban J connectivity index is 2.00. The van der Waals surface area contributed by atoms with Gasteiger partial charge in [-0.1, -0.05) is 0 Å². The van der Waals surface area contributed by atoms with Crippen LogP contribution in [0.2, 0.25) is 0 Å². The van der Waals surface area contributed by atoms with Crippen molar-refractivity contribution in [1.29, 1.82) is 0 Å². The van der Waals surface area contributed by atoms with E-state index >= 15 is 0 Å². The molecule has 1 aromatic carbocycles. The zero-order valence-corrected chi connectivity index (χ0v) is 8.59. The van der Waals surface area contributed by atoms with Crippen LogP contribution in [0.1, 0.15) is 10.4 Å². The molecule has 0 saturated carbocycles. The molecule has 16 heavy (non-hydrogen) atoms. The van der Waals surface area contributed by atoms with E-state index in [9.17, 15) is 9.59 Å². The van der Waals surface area contributed by atoms with Crippen molar-refractivity contribution in [2.75, 3.05) is 18.8 Å². The highest BCUT2D eigenvalue weighted by Crippen LogP contribution is 2.19. The first-order valence-corrected chi connectivity index (χ1v) is 4.95. The third kappa shape index (κ3) is 1.84. The monoisotopic (exact) mass is 220 g/mol. The Morgan fingerprint density at radius 2 is 1.81 bits per heavy atom. The van der Waals surface area contributed by atoms with Crippen molar-refractivity contribution in [1.82, 2.24) is 4.90 Å². The number of carboxylic acid groups (broad SMARTS) is 1. The Morgan fingerprint density at radius 3 is 2.31 bits per heavy atom. The molecule has 0 spiro atoms. The lowest BCUT2D eigenvalue weighted by Crippen LogP contribution is -2.53. The zero-order chi connectivity index (χ0) is 11.7. The number of benzene rings is 1. The van der Waals surface area contributed by atoms with E-state index in [1.807, 2.05) is 0 Å². The maximum Gasteiger partial charge on any atom is 0.310 e. The van der Waals surface area contributed by atoms with Crippen LogP contribution < -0.4 is 5.73 Å². The predicted octanol–water partition coefficient (Wildman–Crippen LogP) is 0.425. The van der Waals surface area contributed by atoms with E-state index in [1.165, 1.54) is 4.90 Å². The lowest BCUT2D eigenvalue weighted by molar-refractivity contribution is -0.146. The number of amides is 1. The van der Waals surface area contributed by atoms with E-state index < -0.39 is 11.9 Å². The smallest absolute Gasteiger partial charge is 0.310 e. The van der Waals surface area contributed by atoms with Gasteiger partial charge in [0.15, 0.2) is 0 Å². The van der Waals surface area contributed by atoms with Crippen molar-refractivity contribution in [3.8, 4) is 0 Å². The molecule has 0 aliphatic carbocycles. The summed E-state index contributed by atoms with van der Waals surface area (Å²) in [5.74, 6) is -1.41. The number of aliphatic carboxylic acids is 1. The first-order chi connectivity index (χ1) is 7.58. The number of nitrogen functional groups attached to an aromatic ring is 1. The molecule has 1 fully saturated rings. The van der Waals surface area contributed by atoms with Crippen molar-refractivity contribution in [2.24, 2.45) is 5.92 Å². The molecular weight excluding hydrogens is 208 g/mol. The second-order valence-corrected chi connectivity index (χ2v) is 3.87. The average Bonchev–Trinajstić information content (AvgIpc) is 2.15. The van der Waals surface area contributed by atoms with E-state index in [0.29, 0.717) is 24.3 Å². The van der Waals surface area contributed by atoms with Crippen LogP contribution in [-0.2, 0) is 4.79 Å². The van der Waals surface area contributed by atoms with Crippen LogP contribution in [0.3, 0.4) is 0 Å². The molecule has 5 heteroatoms. The molecule has 0 radical (unpaired) electrons. The van der Waals surface area contributed by atoms with Gasteiger partial charge in [-0.15, -0.1) is 0 Å². The molecule has 1 aliphatic heterocycles. The fourth-order valence-electron chi connectivity index (χ4n) is 1.61. The molecular formula is C11H12N2O3. The summed E-state index contributed by atoms with van der Waals surface area (Å²) in [5.41, 5.74) is 6.65. The normalized spacial score (nSPS) is 15.6. The first-order valence-electron chi connectivity index (χ1n) is 4.95. The number of carbonyl (C=O) groups is 2. The van der Waals surface area contributed by atoms with Crippen LogP contribution in [0.25, 0.3) is 0 Å². The van der Waals surface area contributed by atoms with Gasteiger partial charge in [-0.25, -0.2) is 0 Å². The number of nitrogens with two attached hydrogens (primary N) is 1. The summed E-state index contributed by atoms with van der Waals surface area (Å²) in [6, 6.07) is 6.60. The van der Waals surface area contributed by atoms with Gasteiger partial charge in [0, 0.05) is 24.3 Å². The Hall–Kier alpha value is -2.04. The largest absolute Gasteiger partial charge is 0.481 e. The predicted molar refractivity (Wildman–Crippen MR) is 57.9 cm³/mol. The van der Waals surface area contributed by atoms with Gasteiger partial charge < -0.3 is 15.7 Å². The van der Waals surface area contributed by atoms with Gasteiger partial charge in [0.05, 0.1) is 5.92 Å². The highest BCUT2D eigenvalue weighted by molar-refractivity contribution is 5.95. The van der Waals surface area contributed by atoms with E-state index in [0.717, 1.165) is 0 Å². The summed E-state index contributed by atoms with van der Waals surface area (Å²) in [5, 5.41) is 8.69. The minimum atomic E-state index is -0.846. The molecule has 1 saturated heterocycles. The Kier molecular flexibility index (Phi) is 2.52. The Bertz CT molecular complexity index is 421. The van der Waals surface area contributed by atoms with Gasteiger partial charge in [0.2, 0.25) is 0 Å². The molecule has 84 valence electrons. The minimum Gasteiger partial charge on any atom is -0.481 e. The van der Waals surface area contributed by atoms with Crippen LogP contribution in [0, 0.1) is 5.92 Å². The SMILES string of the molecule is Nc1ccc(C(=O)N2CC(C(=O)O)C2)cc1. The maximum atomic E-state index is 11.8. The molecule has 3 N–H and O–H groups in total. The number of hydrogen-bond acceptors (Lipinski definition) is 3. The van der Waals surface area contributed by atoms with Crippen LogP contribution in [-0.4, -0.2) is 35.0 Å². The first kappa shape index (κ1) is 10.5. The van der Waals surface area contributed by atoms with Crippen molar-refractivity contribution in [2.45, 2.75) is 0 Å². The summed E-state index contributed by atoms with van der Waals surface area (Å²) in [7, 11) is 0. The molecule has 0 aromatic heterocycles. The fourth-order valence-corrected chi connectivity index (χ4v) is 1.61. The van der Waals surface area contributed by atoms with Crippen LogP contribution in [0.15, 0.2) is 24.3 Å². The molecule has 1 heterocycles. The summed E-state index contributed by atoms with van der Waals surface area (Å²) in [6.07, 6.45) is 0. The number of carbonyl (C=O) groups excluding carboxylic acids is 1. The second-order valence-electron chi connectivity index (χ2n) is 3.87. The van der Waals surface area contributed by atoms with E-state index in [-0.39, 0.29) is 5.91 Å². The van der Waals surface area contributed by atoms with Gasteiger partial charge in [-0.05, 0) is 24.3 Å². The lowest BCUT2D eigenvalue weighted by atomic mass is 9.99. The highest BCUT2D eigenvalue weighted by atomic mass is 16.4. The van der Waals surface area contributed by atoms with E-state index in [4.69, 9.17) is 10.8 Å². The number of rotatable bonds is 2. The molecule has 1 aliphatic rings. The number of carboxylic acids is 1. The van der Waals surface area contributed by atoms with Gasteiger partial charge in [0.1, 0.15) is 0 Å². The number of nitrogens with zero attached hydrogens (tertiary/aromatic N) is 1. The van der Waals surface area contributed by atoms with Crippen molar-refractivity contribution < 1.29 is 14.7 Å². The molecule has 0 bridgehead atoms. The van der Waals surface area contributed by atoms with Crippen LogP contribution in [0.4, 0.5) is 5.69 Å². The Labute approximate surface area is 92.5 Å². The maximum absolute atomic E-state index is 11.8. The van der Waals surface area contributed by atoms with E-state index in [1.54, 1.807) is 24.3 Å². The Morgan fingerprint density at radius 1 is 1.25 bits per heavy atom. The van der Waals surface area contributed by atoms with Crippen molar-refractivity contribution in [3.63, 3.8) is 0 Å². The summed E-state index contributed by atoms with van der Waals surface area (Å²) in [6.45, 7) is 0.580. The molecule has 1 aromatic rings. The molecule has 0 atom stereocenters. The standard InChI is InChI=1S/C11H12N2O3/c12-9-3-1-7(2-4-9)10(14)13-5-8(6-13)11(15)16/h1-4,8H,5-6,12H2,(H,15,16). The summed E-state index contributed by atoms with van der Waals surface area (Å²) >= 11 is 0. The fraction of sp³-hybridized carbons (Fsp3) is 0.273. The second kappa shape index (κ2) is 3.84. The van der Waals surface area contributed by atoms with Gasteiger partial charge >= 0.3 is 5.97 Å². The number of hydrogen-bond donors (Lipinski definition) is 2. The third-order valence-corrected chi connectivity index (χ3v) is 2.68. The molecule has 0 unspecified atom stereocenters. The topological polar surface area (TPSA) is 83.6 Å². The van der Waals surface area contributed by atoms with Crippen LogP contribution >= 0.6 is 0 Å². The van der Waals surface area contributed by atoms with Crippen LogP contribution in [0.5, 0.6) is 0 Å². The number of likely N-dealkylation sites (tertiary alicyclic amines) is 1. The van der Waals surface area contributed by atoms with Crippen molar-refractivity contribution in [3.05, 3.63) is 29.8 Å². The van der Waals surface area contributed by atoms with Gasteiger partial charge in [-0.2, -0.15) is 0 Å². The average molecular weight is 220 g/mol. The lowest BCUT2D eigenvalue weighted by Gasteiger charge is -2.36. The van der Waals surface area contributed by atoms with Gasteiger partial charge in [0.25, 0.3) is 5.91 Å². The zero-order valence-electron chi connectivity index (χ0n) is 8.59. The van der Waals surface area contributed by atoms with Crippen molar-refractivity contribution >= 4 is 17.6 Å². The molecule has 2 rings (SSSR count). The van der Waals surface area contributed by atoms with E-state index in [2.05, 4.69) is 0 Å². The summed E-state index contributed by atoms with van der Waals surface area (Å²) < 4.78 is 0. The van der Waals surface area contributed by atoms with Gasteiger partial charge in [-0.3, -0.25) is 9.59 Å². The minimum absolute atomic E-state index is 0.141. The quantitative estimate of drug-likeness (QED) is 0.708. The molecule has 1 amide bonds. The number of anilines is 1. The highest BCUT2D eigenvalue weighted by Gasteiger charge is 2.35. The molecule has 5 nitrogen and oxygen atoms in total. The summed E-state index contributed by atoms with van der Waals surface area (Å²) in [4.78, 5) is 23.9.